The van der Waals surface area contributed by atoms with Crippen LogP contribution in [-0.2, 0) is 11.2 Å². The predicted octanol–water partition coefficient (Wildman–Crippen LogP) is 3.03. The fourth-order valence-corrected chi connectivity index (χ4v) is 1.92. The van der Waals surface area contributed by atoms with Crippen molar-refractivity contribution in [3.63, 3.8) is 0 Å². The summed E-state index contributed by atoms with van der Waals surface area (Å²) < 4.78 is 5.70. The van der Waals surface area contributed by atoms with Crippen LogP contribution >= 0.6 is 0 Å². The molecule has 4 heteroatoms. The fraction of sp³-hybridized carbons (Fsp3) is 0.375. The third-order valence-electron chi connectivity index (χ3n) is 3.20. The first-order valence-electron chi connectivity index (χ1n) is 6.90. The Balaban J connectivity index is 2.05. The second-order valence-electron chi connectivity index (χ2n) is 4.84. The summed E-state index contributed by atoms with van der Waals surface area (Å²) in [7, 11) is 0. The molecule has 1 aromatic heterocycles. The van der Waals surface area contributed by atoms with Crippen LogP contribution in [0.1, 0.15) is 30.4 Å². The van der Waals surface area contributed by atoms with Crippen LogP contribution in [-0.4, -0.2) is 17.4 Å². The summed E-state index contributed by atoms with van der Waals surface area (Å²) in [5.74, 6) is 1.51. The number of aromatic nitrogens is 1. The molecule has 0 unspecified atom stereocenters. The molecule has 1 heterocycles. The van der Waals surface area contributed by atoms with Crippen LogP contribution in [0.15, 0.2) is 28.7 Å². The number of amides is 1. The quantitative estimate of drug-likeness (QED) is 0.910. The minimum Gasteiger partial charge on any atom is -0.441 e. The Bertz CT molecular complexity index is 585. The lowest BCUT2D eigenvalue weighted by Gasteiger charge is -2.00. The Kier molecular flexibility index (Phi) is 4.56. The van der Waals surface area contributed by atoms with Gasteiger partial charge in [0, 0.05) is 24.9 Å². The molecule has 0 aliphatic rings. The van der Waals surface area contributed by atoms with E-state index < -0.39 is 0 Å². The number of aryl methyl sites for hydroxylation is 2. The van der Waals surface area contributed by atoms with Crippen molar-refractivity contribution in [1.29, 1.82) is 0 Å². The van der Waals surface area contributed by atoms with Gasteiger partial charge in [-0.05, 0) is 26.0 Å². The first-order valence-corrected chi connectivity index (χ1v) is 6.90. The van der Waals surface area contributed by atoms with Gasteiger partial charge in [0.25, 0.3) is 0 Å². The smallest absolute Gasteiger partial charge is 0.226 e. The van der Waals surface area contributed by atoms with Crippen LogP contribution in [0.25, 0.3) is 11.5 Å². The molecule has 0 bridgehead atoms. The van der Waals surface area contributed by atoms with E-state index in [0.29, 0.717) is 25.3 Å². The summed E-state index contributed by atoms with van der Waals surface area (Å²) in [5, 5.41) is 2.84. The average molecular weight is 272 g/mol. The highest BCUT2D eigenvalue weighted by molar-refractivity contribution is 5.75. The molecule has 0 aliphatic carbocycles. The summed E-state index contributed by atoms with van der Waals surface area (Å²) in [6.07, 6.45) is 1.19. The Morgan fingerprint density at radius 3 is 2.60 bits per heavy atom. The van der Waals surface area contributed by atoms with Gasteiger partial charge < -0.3 is 9.73 Å². The van der Waals surface area contributed by atoms with E-state index in [2.05, 4.69) is 10.3 Å². The lowest BCUT2D eigenvalue weighted by atomic mass is 10.1. The second-order valence-corrected chi connectivity index (χ2v) is 4.84. The Morgan fingerprint density at radius 2 is 1.95 bits per heavy atom. The zero-order valence-corrected chi connectivity index (χ0v) is 12.2. The summed E-state index contributed by atoms with van der Waals surface area (Å²) in [6, 6.07) is 8.08. The highest BCUT2D eigenvalue weighted by Gasteiger charge is 2.11. The van der Waals surface area contributed by atoms with E-state index in [-0.39, 0.29) is 5.91 Å². The summed E-state index contributed by atoms with van der Waals surface area (Å²) in [4.78, 5) is 15.7. The van der Waals surface area contributed by atoms with Gasteiger partial charge in [0.2, 0.25) is 11.8 Å². The van der Waals surface area contributed by atoms with Gasteiger partial charge in [-0.3, -0.25) is 4.79 Å². The molecule has 1 N–H and O–H groups in total. The van der Waals surface area contributed by atoms with Crippen molar-refractivity contribution in [1.82, 2.24) is 10.3 Å². The average Bonchev–Trinajstić information content (AvgIpc) is 2.81. The Morgan fingerprint density at radius 1 is 1.25 bits per heavy atom. The first kappa shape index (κ1) is 14.3. The van der Waals surface area contributed by atoms with E-state index in [4.69, 9.17) is 4.42 Å². The minimum atomic E-state index is 0.0601. The van der Waals surface area contributed by atoms with Crippen LogP contribution in [0.4, 0.5) is 0 Å². The molecule has 0 saturated heterocycles. The molecule has 2 rings (SSSR count). The normalized spacial score (nSPS) is 10.6. The second kappa shape index (κ2) is 6.37. The zero-order valence-electron chi connectivity index (χ0n) is 12.2. The number of carbonyl (C=O) groups excluding carboxylic acids is 1. The number of benzene rings is 1. The predicted molar refractivity (Wildman–Crippen MR) is 78.4 cm³/mol. The lowest BCUT2D eigenvalue weighted by molar-refractivity contribution is -0.120. The van der Waals surface area contributed by atoms with Crippen molar-refractivity contribution < 1.29 is 9.21 Å². The van der Waals surface area contributed by atoms with Crippen molar-refractivity contribution in [2.24, 2.45) is 0 Å². The van der Waals surface area contributed by atoms with Crippen LogP contribution in [0, 0.1) is 13.8 Å². The molecule has 0 radical (unpaired) electrons. The van der Waals surface area contributed by atoms with Crippen LogP contribution in [0.5, 0.6) is 0 Å². The highest BCUT2D eigenvalue weighted by Crippen LogP contribution is 2.22. The molecule has 1 aromatic carbocycles. The molecular formula is C16H20N2O2. The number of carbonyl (C=O) groups is 1. The molecule has 0 saturated carbocycles. The topological polar surface area (TPSA) is 55.1 Å². The monoisotopic (exact) mass is 272 g/mol. The number of nitrogens with zero attached hydrogens (tertiary/aromatic N) is 1. The maximum absolute atomic E-state index is 11.2. The summed E-state index contributed by atoms with van der Waals surface area (Å²) >= 11 is 0. The summed E-state index contributed by atoms with van der Waals surface area (Å²) in [5.41, 5.74) is 3.08. The van der Waals surface area contributed by atoms with E-state index in [1.54, 1.807) is 0 Å². The van der Waals surface area contributed by atoms with E-state index >= 15 is 0 Å². The largest absolute Gasteiger partial charge is 0.441 e. The van der Waals surface area contributed by atoms with Crippen LogP contribution < -0.4 is 5.32 Å². The Labute approximate surface area is 119 Å². The number of hydrogen-bond acceptors (Lipinski definition) is 3. The van der Waals surface area contributed by atoms with Gasteiger partial charge in [-0.1, -0.05) is 24.6 Å². The van der Waals surface area contributed by atoms with Crippen molar-refractivity contribution >= 4 is 5.91 Å². The number of rotatable bonds is 5. The molecule has 0 fully saturated rings. The van der Waals surface area contributed by atoms with Crippen molar-refractivity contribution in [3.05, 3.63) is 41.3 Å². The third kappa shape index (κ3) is 3.47. The molecule has 2 aromatic rings. The number of nitrogens with one attached hydrogen (secondary N) is 1. The van der Waals surface area contributed by atoms with Crippen molar-refractivity contribution in [2.75, 3.05) is 6.54 Å². The van der Waals surface area contributed by atoms with Gasteiger partial charge in [-0.2, -0.15) is 0 Å². The molecule has 0 spiro atoms. The van der Waals surface area contributed by atoms with Crippen LogP contribution in [0.3, 0.4) is 0 Å². The SMILES string of the molecule is CCC(=O)NCCc1nc(-c2ccc(C)cc2)oc1C. The van der Waals surface area contributed by atoms with Gasteiger partial charge in [-0.15, -0.1) is 0 Å². The standard InChI is InChI=1S/C16H20N2O2/c1-4-15(19)17-10-9-14-12(3)20-16(18-14)13-7-5-11(2)6-8-13/h5-8H,4,9-10H2,1-3H3,(H,17,19). The molecule has 20 heavy (non-hydrogen) atoms. The van der Waals surface area contributed by atoms with E-state index in [9.17, 15) is 4.79 Å². The first-order chi connectivity index (χ1) is 9.60. The summed E-state index contributed by atoms with van der Waals surface area (Å²) in [6.45, 7) is 6.38. The fourth-order valence-electron chi connectivity index (χ4n) is 1.92. The van der Waals surface area contributed by atoms with Gasteiger partial charge in [-0.25, -0.2) is 4.98 Å². The third-order valence-corrected chi connectivity index (χ3v) is 3.20. The molecule has 4 nitrogen and oxygen atoms in total. The molecule has 0 aliphatic heterocycles. The Hall–Kier alpha value is -2.10. The molecule has 106 valence electrons. The lowest BCUT2D eigenvalue weighted by Crippen LogP contribution is -2.24. The van der Waals surface area contributed by atoms with Gasteiger partial charge in [0.1, 0.15) is 5.76 Å². The maximum atomic E-state index is 11.2. The minimum absolute atomic E-state index is 0.0601. The van der Waals surface area contributed by atoms with E-state index in [1.165, 1.54) is 5.56 Å². The maximum Gasteiger partial charge on any atom is 0.226 e. The van der Waals surface area contributed by atoms with E-state index in [0.717, 1.165) is 17.0 Å². The van der Waals surface area contributed by atoms with E-state index in [1.807, 2.05) is 45.0 Å². The van der Waals surface area contributed by atoms with Crippen molar-refractivity contribution in [2.45, 2.75) is 33.6 Å². The molecular weight excluding hydrogens is 252 g/mol. The van der Waals surface area contributed by atoms with Crippen LogP contribution in [0.2, 0.25) is 0 Å². The van der Waals surface area contributed by atoms with Gasteiger partial charge in [0.15, 0.2) is 0 Å². The van der Waals surface area contributed by atoms with Gasteiger partial charge in [0.05, 0.1) is 5.69 Å². The molecule has 1 amide bonds. The zero-order chi connectivity index (χ0) is 14.5. The highest BCUT2D eigenvalue weighted by atomic mass is 16.4. The number of oxazole rings is 1. The number of hydrogen-bond donors (Lipinski definition) is 1. The van der Waals surface area contributed by atoms with Crippen molar-refractivity contribution in [3.8, 4) is 11.5 Å². The van der Waals surface area contributed by atoms with Gasteiger partial charge >= 0.3 is 0 Å². The molecule has 0 atom stereocenters.